The molecular weight excluding hydrogens is 338 g/mol. The second-order valence-corrected chi connectivity index (χ2v) is 7.94. The Balaban J connectivity index is 2.16. The number of nitrogens with one attached hydrogen (secondary N) is 2. The van der Waals surface area contributed by atoms with Crippen molar-refractivity contribution in [3.05, 3.63) is 28.8 Å². The maximum absolute atomic E-state index is 12.5. The average Bonchev–Trinajstić information content (AvgIpc) is 2.55. The van der Waals surface area contributed by atoms with Gasteiger partial charge in [-0.3, -0.25) is 0 Å². The number of hydrogen-bond donors (Lipinski definition) is 2. The van der Waals surface area contributed by atoms with Crippen LogP contribution in [0, 0.1) is 16.7 Å². The largest absolute Gasteiger partial charge is 0.384 e. The van der Waals surface area contributed by atoms with E-state index in [1.54, 1.807) is 7.11 Å². The topological polar surface area (TPSA) is 91.2 Å². The van der Waals surface area contributed by atoms with Gasteiger partial charge in [-0.15, -0.1) is 0 Å². The molecule has 0 radical (unpaired) electrons. The van der Waals surface area contributed by atoms with E-state index in [-0.39, 0.29) is 20.9 Å². The number of piperidine rings is 1. The summed E-state index contributed by atoms with van der Waals surface area (Å²) in [5, 5.41) is 12.5. The molecule has 1 aromatic carbocycles. The van der Waals surface area contributed by atoms with Crippen molar-refractivity contribution in [2.45, 2.75) is 17.7 Å². The fraction of sp³-hybridized carbons (Fsp3) is 0.533. The molecule has 1 fully saturated rings. The summed E-state index contributed by atoms with van der Waals surface area (Å²) in [7, 11) is -2.08. The normalized spacial score (nSPS) is 17.6. The van der Waals surface area contributed by atoms with Crippen LogP contribution in [0.4, 0.5) is 0 Å². The van der Waals surface area contributed by atoms with Crippen molar-refractivity contribution < 1.29 is 13.2 Å². The molecule has 0 bridgehead atoms. The van der Waals surface area contributed by atoms with Crippen LogP contribution in [0.5, 0.6) is 0 Å². The minimum atomic E-state index is -3.70. The lowest BCUT2D eigenvalue weighted by Crippen LogP contribution is -2.47. The van der Waals surface area contributed by atoms with E-state index in [9.17, 15) is 8.42 Å². The number of halogens is 1. The molecule has 126 valence electrons. The van der Waals surface area contributed by atoms with Crippen molar-refractivity contribution in [3.63, 3.8) is 0 Å². The molecule has 0 amide bonds. The summed E-state index contributed by atoms with van der Waals surface area (Å²) >= 11 is 5.85. The Bertz CT molecular complexity index is 689. The SMILES string of the molecule is COCC1(CNS(=O)(=O)c2ccc(Cl)c(C#N)c2)CCNCC1. The summed E-state index contributed by atoms with van der Waals surface area (Å²) in [5.74, 6) is 0. The van der Waals surface area contributed by atoms with Gasteiger partial charge in [0.1, 0.15) is 6.07 Å². The highest BCUT2D eigenvalue weighted by atomic mass is 35.5. The first kappa shape index (κ1) is 18.2. The van der Waals surface area contributed by atoms with E-state index < -0.39 is 10.0 Å². The van der Waals surface area contributed by atoms with Gasteiger partial charge in [-0.2, -0.15) is 5.26 Å². The van der Waals surface area contributed by atoms with E-state index in [4.69, 9.17) is 21.6 Å². The highest BCUT2D eigenvalue weighted by Gasteiger charge is 2.33. The van der Waals surface area contributed by atoms with E-state index in [2.05, 4.69) is 10.0 Å². The molecule has 8 heteroatoms. The predicted molar refractivity (Wildman–Crippen MR) is 87.8 cm³/mol. The van der Waals surface area contributed by atoms with Gasteiger partial charge in [-0.1, -0.05) is 11.6 Å². The number of methoxy groups -OCH3 is 1. The third-order valence-corrected chi connectivity index (χ3v) is 5.85. The molecule has 0 saturated carbocycles. The van der Waals surface area contributed by atoms with Gasteiger partial charge in [0.25, 0.3) is 0 Å². The monoisotopic (exact) mass is 357 g/mol. The summed E-state index contributed by atoms with van der Waals surface area (Å²) in [6.07, 6.45) is 1.68. The van der Waals surface area contributed by atoms with E-state index in [0.29, 0.717) is 13.2 Å². The van der Waals surface area contributed by atoms with Gasteiger partial charge < -0.3 is 10.1 Å². The zero-order chi connectivity index (χ0) is 16.9. The molecule has 1 heterocycles. The predicted octanol–water partition coefficient (Wildman–Crippen LogP) is 1.51. The number of rotatable bonds is 6. The van der Waals surface area contributed by atoms with Gasteiger partial charge >= 0.3 is 0 Å². The van der Waals surface area contributed by atoms with Gasteiger partial charge in [-0.25, -0.2) is 13.1 Å². The van der Waals surface area contributed by atoms with Crippen LogP contribution >= 0.6 is 11.6 Å². The highest BCUT2D eigenvalue weighted by Crippen LogP contribution is 2.29. The Morgan fingerprint density at radius 2 is 2.13 bits per heavy atom. The Hall–Kier alpha value is -1.17. The maximum atomic E-state index is 12.5. The highest BCUT2D eigenvalue weighted by molar-refractivity contribution is 7.89. The second-order valence-electron chi connectivity index (χ2n) is 5.76. The third-order valence-electron chi connectivity index (χ3n) is 4.12. The van der Waals surface area contributed by atoms with Crippen molar-refractivity contribution in [1.82, 2.24) is 10.0 Å². The quantitative estimate of drug-likeness (QED) is 0.805. The zero-order valence-electron chi connectivity index (χ0n) is 12.9. The van der Waals surface area contributed by atoms with Crippen LogP contribution in [0.3, 0.4) is 0 Å². The molecule has 1 saturated heterocycles. The molecule has 1 aliphatic heterocycles. The number of nitriles is 1. The number of sulfonamides is 1. The first-order valence-corrected chi connectivity index (χ1v) is 9.18. The fourth-order valence-corrected chi connectivity index (χ4v) is 4.07. The van der Waals surface area contributed by atoms with Crippen molar-refractivity contribution in [3.8, 4) is 6.07 Å². The minimum absolute atomic E-state index is 0.0416. The van der Waals surface area contributed by atoms with Gasteiger partial charge in [0.2, 0.25) is 10.0 Å². The Kier molecular flexibility index (Phi) is 6.00. The molecular formula is C15H20ClN3O3S. The van der Waals surface area contributed by atoms with Gasteiger partial charge in [0.15, 0.2) is 0 Å². The number of nitrogens with zero attached hydrogens (tertiary/aromatic N) is 1. The van der Waals surface area contributed by atoms with Crippen LogP contribution in [0.15, 0.2) is 23.1 Å². The first-order chi connectivity index (χ1) is 10.9. The third kappa shape index (κ3) is 4.43. The lowest BCUT2D eigenvalue weighted by molar-refractivity contribution is 0.0577. The fourth-order valence-electron chi connectivity index (χ4n) is 2.72. The molecule has 0 atom stereocenters. The average molecular weight is 358 g/mol. The van der Waals surface area contributed by atoms with Crippen molar-refractivity contribution in [2.24, 2.45) is 5.41 Å². The molecule has 1 aliphatic rings. The Morgan fingerprint density at radius 3 is 2.74 bits per heavy atom. The van der Waals surface area contributed by atoms with Crippen LogP contribution in [0.2, 0.25) is 5.02 Å². The Morgan fingerprint density at radius 1 is 1.43 bits per heavy atom. The number of hydrogen-bond acceptors (Lipinski definition) is 5. The van der Waals surface area contributed by atoms with Crippen molar-refractivity contribution >= 4 is 21.6 Å². The number of ether oxygens (including phenoxy) is 1. The molecule has 0 unspecified atom stereocenters. The second kappa shape index (κ2) is 7.60. The van der Waals surface area contributed by atoms with Crippen molar-refractivity contribution in [1.29, 1.82) is 5.26 Å². The van der Waals surface area contributed by atoms with Gasteiger partial charge in [0, 0.05) is 19.1 Å². The molecule has 23 heavy (non-hydrogen) atoms. The van der Waals surface area contributed by atoms with Crippen LogP contribution in [0.1, 0.15) is 18.4 Å². The van der Waals surface area contributed by atoms with E-state index in [1.807, 2.05) is 6.07 Å². The van der Waals surface area contributed by atoms with Crippen LogP contribution < -0.4 is 10.0 Å². The summed E-state index contributed by atoms with van der Waals surface area (Å²) in [4.78, 5) is 0.0416. The lowest BCUT2D eigenvalue weighted by Gasteiger charge is -2.37. The summed E-state index contributed by atoms with van der Waals surface area (Å²) in [6, 6.07) is 6.00. The molecule has 1 aromatic rings. The Labute approximate surface area is 141 Å². The van der Waals surface area contributed by atoms with Crippen LogP contribution in [0.25, 0.3) is 0 Å². The zero-order valence-corrected chi connectivity index (χ0v) is 14.5. The minimum Gasteiger partial charge on any atom is -0.384 e. The molecule has 0 aromatic heterocycles. The van der Waals surface area contributed by atoms with E-state index >= 15 is 0 Å². The van der Waals surface area contributed by atoms with E-state index in [1.165, 1.54) is 18.2 Å². The molecule has 0 aliphatic carbocycles. The summed E-state index contributed by atoms with van der Waals surface area (Å²) in [6.45, 7) is 2.48. The van der Waals surface area contributed by atoms with Gasteiger partial charge in [-0.05, 0) is 44.1 Å². The van der Waals surface area contributed by atoms with E-state index in [0.717, 1.165) is 25.9 Å². The maximum Gasteiger partial charge on any atom is 0.240 e. The van der Waals surface area contributed by atoms with Crippen molar-refractivity contribution in [2.75, 3.05) is 33.4 Å². The molecule has 2 rings (SSSR count). The first-order valence-electron chi connectivity index (χ1n) is 7.31. The molecule has 2 N–H and O–H groups in total. The molecule has 6 nitrogen and oxygen atoms in total. The summed E-state index contributed by atoms with van der Waals surface area (Å²) in [5.41, 5.74) is -0.0691. The number of benzene rings is 1. The smallest absolute Gasteiger partial charge is 0.240 e. The summed E-state index contributed by atoms with van der Waals surface area (Å²) < 4.78 is 32.9. The van der Waals surface area contributed by atoms with Crippen LogP contribution in [-0.2, 0) is 14.8 Å². The van der Waals surface area contributed by atoms with Gasteiger partial charge in [0.05, 0.1) is 22.1 Å². The van der Waals surface area contributed by atoms with Crippen LogP contribution in [-0.4, -0.2) is 41.8 Å². The molecule has 0 spiro atoms. The lowest BCUT2D eigenvalue weighted by atomic mass is 9.80. The standard InChI is InChI=1S/C15H20ClN3O3S/c1-22-11-15(4-6-18-7-5-15)10-19-23(20,21)13-2-3-14(16)12(8-13)9-17/h2-3,8,18-19H,4-7,10-11H2,1H3.